The molecule has 0 saturated heterocycles. The van der Waals surface area contributed by atoms with Crippen LogP contribution in [0.25, 0.3) is 0 Å². The van der Waals surface area contributed by atoms with E-state index in [9.17, 15) is 35.9 Å². The summed E-state index contributed by atoms with van der Waals surface area (Å²) >= 11 is 4.92. The van der Waals surface area contributed by atoms with E-state index in [1.807, 2.05) is 0 Å². The summed E-state index contributed by atoms with van der Waals surface area (Å²) < 4.78 is 72.6. The van der Waals surface area contributed by atoms with Gasteiger partial charge in [-0.2, -0.15) is 13.2 Å². The van der Waals surface area contributed by atoms with Crippen molar-refractivity contribution in [1.29, 1.82) is 0 Å². The van der Waals surface area contributed by atoms with Crippen LogP contribution in [-0.2, 0) is 14.6 Å². The maximum Gasteiger partial charge on any atom is 0.413 e. The summed E-state index contributed by atoms with van der Waals surface area (Å²) in [6.07, 6.45) is -5.75. The molecule has 0 spiro atoms. The number of amides is 1. The summed E-state index contributed by atoms with van der Waals surface area (Å²) in [6, 6.07) is 2.94. The van der Waals surface area contributed by atoms with Gasteiger partial charge in [0.2, 0.25) is 11.3 Å². The Labute approximate surface area is 140 Å². The van der Waals surface area contributed by atoms with Gasteiger partial charge < -0.3 is 10.4 Å². The smallest absolute Gasteiger partial charge is 0.386 e. The molecule has 5 nitrogen and oxygen atoms in total. The van der Waals surface area contributed by atoms with Crippen molar-refractivity contribution in [2.45, 2.75) is 28.6 Å². The number of hydrogen-bond donors (Lipinski definition) is 2. The molecule has 0 fully saturated rings. The lowest BCUT2D eigenvalue weighted by Crippen LogP contribution is -2.48. The van der Waals surface area contributed by atoms with Crippen LogP contribution >= 0.6 is 11.6 Å². The molecule has 0 aliphatic rings. The molecule has 1 unspecified atom stereocenters. The minimum Gasteiger partial charge on any atom is -0.386 e. The van der Waals surface area contributed by atoms with Crippen molar-refractivity contribution in [1.82, 2.24) is 5.32 Å². The SMILES string of the molecule is CS(=O)(=O)c1ccc(C(O)[C@@H](CF)NC(=O)[C@@H](Cl)C(F)(F)F)cc1. The van der Waals surface area contributed by atoms with E-state index >= 15 is 0 Å². The van der Waals surface area contributed by atoms with Crippen molar-refractivity contribution in [3.05, 3.63) is 29.8 Å². The quantitative estimate of drug-likeness (QED) is 0.571. The van der Waals surface area contributed by atoms with Crippen molar-refractivity contribution in [3.8, 4) is 0 Å². The average molecular weight is 392 g/mol. The van der Waals surface area contributed by atoms with Gasteiger partial charge in [0.25, 0.3) is 0 Å². The number of alkyl halides is 5. The third-order valence-corrected chi connectivity index (χ3v) is 4.62. The second-order valence-corrected chi connectivity index (χ2v) is 7.41. The number of halogens is 5. The Morgan fingerprint density at radius 2 is 1.79 bits per heavy atom. The summed E-state index contributed by atoms with van der Waals surface area (Å²) in [4.78, 5) is 11.3. The molecule has 136 valence electrons. The summed E-state index contributed by atoms with van der Waals surface area (Å²) in [5.74, 6) is -1.70. The first-order chi connectivity index (χ1) is 10.9. The third kappa shape index (κ3) is 5.32. The fourth-order valence-corrected chi connectivity index (χ4v) is 2.44. The summed E-state index contributed by atoms with van der Waals surface area (Å²) in [5, 5.41) is 8.78. The first-order valence-corrected chi connectivity index (χ1v) is 8.76. The van der Waals surface area contributed by atoms with Gasteiger partial charge in [-0.3, -0.25) is 4.79 Å². The van der Waals surface area contributed by atoms with E-state index in [-0.39, 0.29) is 10.5 Å². The molecule has 0 saturated carbocycles. The number of benzene rings is 1. The van der Waals surface area contributed by atoms with Crippen LogP contribution in [0.2, 0.25) is 0 Å². The first kappa shape index (κ1) is 20.7. The van der Waals surface area contributed by atoms with Gasteiger partial charge >= 0.3 is 6.18 Å². The highest BCUT2D eigenvalue weighted by atomic mass is 35.5. The lowest BCUT2D eigenvalue weighted by molar-refractivity contribution is -0.152. The molecule has 3 atom stereocenters. The molecule has 1 aromatic carbocycles. The third-order valence-electron chi connectivity index (χ3n) is 3.04. The van der Waals surface area contributed by atoms with E-state index in [0.717, 1.165) is 30.5 Å². The van der Waals surface area contributed by atoms with Crippen molar-refractivity contribution < 1.29 is 35.9 Å². The van der Waals surface area contributed by atoms with E-state index in [2.05, 4.69) is 0 Å². The van der Waals surface area contributed by atoms with Gasteiger partial charge in [-0.15, -0.1) is 11.6 Å². The normalized spacial score (nSPS) is 16.3. The predicted octanol–water partition coefficient (Wildman–Crippen LogP) is 1.75. The van der Waals surface area contributed by atoms with Gasteiger partial charge in [-0.1, -0.05) is 12.1 Å². The Hall–Kier alpha value is -1.39. The van der Waals surface area contributed by atoms with Crippen LogP contribution in [0.3, 0.4) is 0 Å². The highest BCUT2D eigenvalue weighted by Crippen LogP contribution is 2.26. The fourth-order valence-electron chi connectivity index (χ4n) is 1.75. The zero-order valence-corrected chi connectivity index (χ0v) is 13.8. The monoisotopic (exact) mass is 391 g/mol. The molecular formula is C13H14ClF4NO4S. The van der Waals surface area contributed by atoms with Gasteiger partial charge in [0.15, 0.2) is 9.84 Å². The standard InChI is InChI=1S/C13H14ClF4NO4S/c1-24(22,23)8-4-2-7(3-5-8)10(20)9(6-15)19-12(21)11(14)13(16,17)18/h2-5,9-11,20H,6H2,1H3,(H,19,21)/t9-,10?,11-/m1/s1. The van der Waals surface area contributed by atoms with E-state index in [4.69, 9.17) is 11.6 Å². The molecule has 1 amide bonds. The Kier molecular flexibility index (Phi) is 6.59. The van der Waals surface area contributed by atoms with Crippen LogP contribution < -0.4 is 5.32 Å². The second kappa shape index (κ2) is 7.66. The number of sulfone groups is 1. The largest absolute Gasteiger partial charge is 0.413 e. The van der Waals surface area contributed by atoms with Crippen LogP contribution in [0.1, 0.15) is 11.7 Å². The van der Waals surface area contributed by atoms with Crippen LogP contribution in [0.15, 0.2) is 29.2 Å². The summed E-state index contributed by atoms with van der Waals surface area (Å²) in [7, 11) is -3.49. The van der Waals surface area contributed by atoms with Gasteiger partial charge in [0, 0.05) is 6.26 Å². The number of nitrogens with one attached hydrogen (secondary N) is 1. The summed E-state index contributed by atoms with van der Waals surface area (Å²) in [5.41, 5.74) is 0.0171. The highest BCUT2D eigenvalue weighted by Gasteiger charge is 2.44. The zero-order valence-electron chi connectivity index (χ0n) is 12.2. The Morgan fingerprint density at radius 1 is 1.29 bits per heavy atom. The van der Waals surface area contributed by atoms with Crippen molar-refractivity contribution >= 4 is 27.3 Å². The van der Waals surface area contributed by atoms with Crippen molar-refractivity contribution in [2.24, 2.45) is 0 Å². The molecule has 0 bridgehead atoms. The maximum atomic E-state index is 13.0. The zero-order chi connectivity index (χ0) is 18.7. The average Bonchev–Trinajstić information content (AvgIpc) is 2.49. The maximum absolute atomic E-state index is 13.0. The predicted molar refractivity (Wildman–Crippen MR) is 78.1 cm³/mol. The molecule has 0 aromatic heterocycles. The number of carbonyl (C=O) groups is 1. The molecule has 24 heavy (non-hydrogen) atoms. The number of carbonyl (C=O) groups excluding carboxylic acids is 1. The van der Waals surface area contributed by atoms with E-state index in [0.29, 0.717) is 0 Å². The molecule has 0 radical (unpaired) electrons. The molecule has 2 N–H and O–H groups in total. The second-order valence-electron chi connectivity index (χ2n) is 4.96. The summed E-state index contributed by atoms with van der Waals surface area (Å²) in [6.45, 7) is -1.36. The first-order valence-electron chi connectivity index (χ1n) is 6.43. The highest BCUT2D eigenvalue weighted by molar-refractivity contribution is 7.90. The van der Waals surface area contributed by atoms with Crippen LogP contribution in [-0.4, -0.2) is 50.0 Å². The number of aliphatic hydroxyl groups excluding tert-OH is 1. The molecule has 11 heteroatoms. The Bertz CT molecular complexity index is 678. The molecule has 0 aliphatic heterocycles. The van der Waals surface area contributed by atoms with Gasteiger partial charge in [-0.25, -0.2) is 12.8 Å². The van der Waals surface area contributed by atoms with E-state index < -0.39 is 46.1 Å². The van der Waals surface area contributed by atoms with Crippen LogP contribution in [0, 0.1) is 0 Å². The molecule has 0 aliphatic carbocycles. The minimum absolute atomic E-state index is 0.0171. The van der Waals surface area contributed by atoms with Crippen LogP contribution in [0.5, 0.6) is 0 Å². The van der Waals surface area contributed by atoms with Crippen LogP contribution in [0.4, 0.5) is 17.6 Å². The van der Waals surface area contributed by atoms with E-state index in [1.54, 1.807) is 5.32 Å². The van der Waals surface area contributed by atoms with E-state index in [1.165, 1.54) is 0 Å². The van der Waals surface area contributed by atoms with Gasteiger partial charge in [0.05, 0.1) is 10.9 Å². The molecule has 1 rings (SSSR count). The topological polar surface area (TPSA) is 83.5 Å². The minimum atomic E-state index is -5.02. The number of rotatable bonds is 6. The lowest BCUT2D eigenvalue weighted by Gasteiger charge is -2.23. The van der Waals surface area contributed by atoms with Crippen molar-refractivity contribution in [2.75, 3.05) is 12.9 Å². The number of hydrogen-bond acceptors (Lipinski definition) is 4. The Balaban J connectivity index is 2.90. The number of aliphatic hydroxyl groups is 1. The Morgan fingerprint density at radius 3 is 2.17 bits per heavy atom. The van der Waals surface area contributed by atoms with Gasteiger partial charge in [0.1, 0.15) is 12.8 Å². The molecule has 0 heterocycles. The molecule has 1 aromatic rings. The fraction of sp³-hybridized carbons (Fsp3) is 0.462. The van der Waals surface area contributed by atoms with Crippen molar-refractivity contribution in [3.63, 3.8) is 0 Å². The molecular weight excluding hydrogens is 378 g/mol. The lowest BCUT2D eigenvalue weighted by atomic mass is 10.0. The van der Waals surface area contributed by atoms with Gasteiger partial charge in [-0.05, 0) is 17.7 Å².